The highest BCUT2D eigenvalue weighted by molar-refractivity contribution is 5.76. The predicted octanol–water partition coefficient (Wildman–Crippen LogP) is 3.60. The first-order chi connectivity index (χ1) is 9.08. The van der Waals surface area contributed by atoms with Crippen LogP contribution in [-0.2, 0) is 12.8 Å². The lowest BCUT2D eigenvalue weighted by Gasteiger charge is -2.14. The number of hydrogen-bond acceptors (Lipinski definition) is 3. The lowest BCUT2D eigenvalue weighted by Crippen LogP contribution is -1.94. The fourth-order valence-corrected chi connectivity index (χ4v) is 2.32. The van der Waals surface area contributed by atoms with E-state index in [-0.39, 0.29) is 17.2 Å². The van der Waals surface area contributed by atoms with Crippen LogP contribution in [-0.4, -0.2) is 15.3 Å². The quantitative estimate of drug-likeness (QED) is 0.737. The smallest absolute Gasteiger partial charge is 0.165 e. The Morgan fingerprint density at radius 2 is 1.47 bits per heavy atom. The van der Waals surface area contributed by atoms with Crippen molar-refractivity contribution in [1.29, 1.82) is 0 Å². The van der Waals surface area contributed by atoms with E-state index in [2.05, 4.69) is 0 Å². The van der Waals surface area contributed by atoms with Crippen molar-refractivity contribution in [2.24, 2.45) is 0 Å². The topological polar surface area (TPSA) is 60.7 Å². The van der Waals surface area contributed by atoms with Crippen LogP contribution in [0.3, 0.4) is 0 Å². The summed E-state index contributed by atoms with van der Waals surface area (Å²) in [6.45, 7) is 3.97. The third-order valence-electron chi connectivity index (χ3n) is 3.38. The van der Waals surface area contributed by atoms with E-state index in [9.17, 15) is 15.3 Å². The predicted molar refractivity (Wildman–Crippen MR) is 75.6 cm³/mol. The Morgan fingerprint density at radius 3 is 2.00 bits per heavy atom. The summed E-state index contributed by atoms with van der Waals surface area (Å²) < 4.78 is 0. The Morgan fingerprint density at radius 1 is 0.842 bits per heavy atom. The second kappa shape index (κ2) is 5.22. The highest BCUT2D eigenvalue weighted by atomic mass is 16.3. The van der Waals surface area contributed by atoms with Gasteiger partial charge in [-0.25, -0.2) is 0 Å². The molecule has 0 atom stereocenters. The Bertz CT molecular complexity index is 586. The first-order valence-corrected chi connectivity index (χ1v) is 6.44. The van der Waals surface area contributed by atoms with Gasteiger partial charge in [-0.1, -0.05) is 26.0 Å². The van der Waals surface area contributed by atoms with Crippen molar-refractivity contribution in [3.05, 3.63) is 41.5 Å². The minimum atomic E-state index is -0.0975. The number of aromatic hydroxyl groups is 3. The number of aryl methyl sites for hydroxylation is 1. The van der Waals surface area contributed by atoms with E-state index in [1.165, 1.54) is 0 Å². The average Bonchev–Trinajstić information content (AvgIpc) is 2.42. The molecule has 0 fully saturated rings. The van der Waals surface area contributed by atoms with Crippen molar-refractivity contribution >= 4 is 0 Å². The van der Waals surface area contributed by atoms with Crippen molar-refractivity contribution in [2.75, 3.05) is 0 Å². The molecular formula is C16H18O3. The zero-order chi connectivity index (χ0) is 14.0. The standard InChI is InChI=1S/C16H18O3/c1-3-10-9-14(11-5-7-12(17)8-6-11)16(19)15(18)13(10)4-2/h5-9,17-19H,3-4H2,1-2H3. The van der Waals surface area contributed by atoms with Gasteiger partial charge in [0.05, 0.1) is 0 Å². The van der Waals surface area contributed by atoms with E-state index in [0.29, 0.717) is 12.0 Å². The normalized spacial score (nSPS) is 10.6. The van der Waals surface area contributed by atoms with Crippen LogP contribution < -0.4 is 0 Å². The van der Waals surface area contributed by atoms with Gasteiger partial charge >= 0.3 is 0 Å². The Kier molecular flexibility index (Phi) is 3.65. The minimum Gasteiger partial charge on any atom is -0.508 e. The SMILES string of the molecule is CCc1cc(-c2ccc(O)cc2)c(O)c(O)c1CC. The molecule has 2 aromatic carbocycles. The Balaban J connectivity index is 2.64. The van der Waals surface area contributed by atoms with E-state index in [1.54, 1.807) is 24.3 Å². The lowest BCUT2D eigenvalue weighted by molar-refractivity contribution is 0.400. The summed E-state index contributed by atoms with van der Waals surface area (Å²) in [6, 6.07) is 8.46. The molecule has 0 unspecified atom stereocenters. The molecular weight excluding hydrogens is 240 g/mol. The van der Waals surface area contributed by atoms with Gasteiger partial charge < -0.3 is 15.3 Å². The summed E-state index contributed by atoms with van der Waals surface area (Å²) in [5, 5.41) is 29.5. The molecule has 0 heterocycles. The molecule has 0 radical (unpaired) electrons. The molecule has 0 bridgehead atoms. The lowest BCUT2D eigenvalue weighted by atomic mass is 9.94. The monoisotopic (exact) mass is 258 g/mol. The summed E-state index contributed by atoms with van der Waals surface area (Å²) in [5.41, 5.74) is 3.18. The molecule has 3 N–H and O–H groups in total. The third-order valence-corrected chi connectivity index (χ3v) is 3.38. The maximum absolute atomic E-state index is 10.1. The number of benzene rings is 2. The van der Waals surface area contributed by atoms with Crippen LogP contribution in [0.4, 0.5) is 0 Å². The molecule has 0 aliphatic heterocycles. The molecule has 2 aromatic rings. The van der Waals surface area contributed by atoms with Crippen LogP contribution in [0.2, 0.25) is 0 Å². The molecule has 3 nitrogen and oxygen atoms in total. The van der Waals surface area contributed by atoms with Gasteiger partial charge in [-0.15, -0.1) is 0 Å². The molecule has 0 aliphatic carbocycles. The second-order valence-electron chi connectivity index (χ2n) is 4.51. The average molecular weight is 258 g/mol. The first-order valence-electron chi connectivity index (χ1n) is 6.44. The van der Waals surface area contributed by atoms with Crippen LogP contribution in [0.15, 0.2) is 30.3 Å². The van der Waals surface area contributed by atoms with Crippen molar-refractivity contribution in [3.8, 4) is 28.4 Å². The van der Waals surface area contributed by atoms with Crippen molar-refractivity contribution in [1.82, 2.24) is 0 Å². The van der Waals surface area contributed by atoms with Crippen molar-refractivity contribution < 1.29 is 15.3 Å². The molecule has 0 saturated carbocycles. The van der Waals surface area contributed by atoms with E-state index >= 15 is 0 Å². The molecule has 0 aromatic heterocycles. The second-order valence-corrected chi connectivity index (χ2v) is 4.51. The summed E-state index contributed by atoms with van der Waals surface area (Å²) in [4.78, 5) is 0. The van der Waals surface area contributed by atoms with Gasteiger partial charge in [-0.3, -0.25) is 0 Å². The van der Waals surface area contributed by atoms with Gasteiger partial charge in [0.2, 0.25) is 0 Å². The summed E-state index contributed by atoms with van der Waals surface area (Å²) >= 11 is 0. The molecule has 0 amide bonds. The number of phenols is 3. The van der Waals surface area contributed by atoms with Crippen LogP contribution in [0.1, 0.15) is 25.0 Å². The van der Waals surface area contributed by atoms with E-state index < -0.39 is 0 Å². The van der Waals surface area contributed by atoms with Crippen molar-refractivity contribution in [3.63, 3.8) is 0 Å². The summed E-state index contributed by atoms with van der Waals surface area (Å²) in [5.74, 6) is 0.0398. The fraction of sp³-hybridized carbons (Fsp3) is 0.250. The Labute approximate surface area is 112 Å². The van der Waals surface area contributed by atoms with Gasteiger partial charge in [-0.2, -0.15) is 0 Å². The zero-order valence-corrected chi connectivity index (χ0v) is 11.1. The molecule has 0 spiro atoms. The minimum absolute atomic E-state index is 0.0371. The van der Waals surface area contributed by atoms with Crippen LogP contribution in [0.25, 0.3) is 11.1 Å². The van der Waals surface area contributed by atoms with Gasteiger partial charge in [0, 0.05) is 11.1 Å². The first kappa shape index (κ1) is 13.3. The third kappa shape index (κ3) is 2.36. The summed E-state index contributed by atoms with van der Waals surface area (Å²) in [7, 11) is 0. The summed E-state index contributed by atoms with van der Waals surface area (Å²) in [6.07, 6.45) is 1.47. The van der Waals surface area contributed by atoms with E-state index in [0.717, 1.165) is 23.1 Å². The van der Waals surface area contributed by atoms with Gasteiger partial charge in [0.15, 0.2) is 11.5 Å². The highest BCUT2D eigenvalue weighted by Gasteiger charge is 2.16. The number of hydrogen-bond donors (Lipinski definition) is 3. The van der Waals surface area contributed by atoms with Crippen LogP contribution >= 0.6 is 0 Å². The number of phenolic OH excluding ortho intramolecular Hbond substituents is 3. The van der Waals surface area contributed by atoms with Crippen molar-refractivity contribution in [2.45, 2.75) is 26.7 Å². The van der Waals surface area contributed by atoms with E-state index in [4.69, 9.17) is 0 Å². The van der Waals surface area contributed by atoms with Crippen LogP contribution in [0.5, 0.6) is 17.2 Å². The maximum atomic E-state index is 10.1. The highest BCUT2D eigenvalue weighted by Crippen LogP contribution is 2.41. The number of rotatable bonds is 3. The zero-order valence-electron chi connectivity index (χ0n) is 11.1. The fourth-order valence-electron chi connectivity index (χ4n) is 2.32. The van der Waals surface area contributed by atoms with Gasteiger partial charge in [0.1, 0.15) is 5.75 Å². The maximum Gasteiger partial charge on any atom is 0.165 e. The largest absolute Gasteiger partial charge is 0.508 e. The molecule has 0 aliphatic rings. The van der Waals surface area contributed by atoms with Gasteiger partial charge in [0.25, 0.3) is 0 Å². The molecule has 3 heteroatoms. The van der Waals surface area contributed by atoms with E-state index in [1.807, 2.05) is 19.9 Å². The van der Waals surface area contributed by atoms with Crippen LogP contribution in [0, 0.1) is 0 Å². The molecule has 2 rings (SSSR count). The molecule has 0 saturated heterocycles. The Hall–Kier alpha value is -2.16. The molecule has 100 valence electrons. The van der Waals surface area contributed by atoms with Gasteiger partial charge in [-0.05, 0) is 42.2 Å². The molecule has 19 heavy (non-hydrogen) atoms.